The minimum atomic E-state index is 0.686. The molecule has 0 aliphatic carbocycles. The molecule has 0 bridgehead atoms. The lowest BCUT2D eigenvalue weighted by Crippen LogP contribution is -2.26. The lowest BCUT2D eigenvalue weighted by molar-refractivity contribution is 0.394. The number of anilines is 1. The van der Waals surface area contributed by atoms with E-state index in [2.05, 4.69) is 11.8 Å². The first-order valence-corrected chi connectivity index (χ1v) is 5.81. The lowest BCUT2D eigenvalue weighted by Gasteiger charge is -2.15. The highest BCUT2D eigenvalue weighted by Crippen LogP contribution is 2.15. The zero-order valence-electron chi connectivity index (χ0n) is 10.9. The number of benzene rings is 1. The SMILES string of the molecule is CCCN(N)/C=C(\N)c1ccc(N(C)C)cc1. The highest BCUT2D eigenvalue weighted by molar-refractivity contribution is 5.64. The van der Waals surface area contributed by atoms with Gasteiger partial charge >= 0.3 is 0 Å². The van der Waals surface area contributed by atoms with Crippen LogP contribution in [0, 0.1) is 0 Å². The summed E-state index contributed by atoms with van der Waals surface area (Å²) in [7, 11) is 4.02. The van der Waals surface area contributed by atoms with E-state index in [0.717, 1.165) is 24.2 Å². The molecule has 0 fully saturated rings. The van der Waals surface area contributed by atoms with Gasteiger partial charge in [-0.25, -0.2) is 5.84 Å². The topological polar surface area (TPSA) is 58.5 Å². The summed E-state index contributed by atoms with van der Waals surface area (Å²) in [5.74, 6) is 5.77. The maximum atomic E-state index is 5.98. The van der Waals surface area contributed by atoms with Crippen molar-refractivity contribution in [2.45, 2.75) is 13.3 Å². The summed E-state index contributed by atoms with van der Waals surface area (Å²) in [6, 6.07) is 8.08. The zero-order valence-corrected chi connectivity index (χ0v) is 10.9. The normalized spacial score (nSPS) is 11.4. The van der Waals surface area contributed by atoms with Gasteiger partial charge in [-0.3, -0.25) is 0 Å². The number of nitrogens with two attached hydrogens (primary N) is 2. The summed E-state index contributed by atoms with van der Waals surface area (Å²) in [6.07, 6.45) is 2.77. The maximum absolute atomic E-state index is 5.98. The van der Waals surface area contributed by atoms with Crippen molar-refractivity contribution in [2.24, 2.45) is 11.6 Å². The van der Waals surface area contributed by atoms with Crippen LogP contribution in [-0.4, -0.2) is 25.6 Å². The summed E-state index contributed by atoms with van der Waals surface area (Å²) in [4.78, 5) is 2.05. The lowest BCUT2D eigenvalue weighted by atomic mass is 10.1. The second kappa shape index (κ2) is 6.15. The molecule has 0 spiro atoms. The van der Waals surface area contributed by atoms with Crippen molar-refractivity contribution in [3.63, 3.8) is 0 Å². The number of hydrazine groups is 1. The molecule has 17 heavy (non-hydrogen) atoms. The van der Waals surface area contributed by atoms with Crippen molar-refractivity contribution in [3.8, 4) is 0 Å². The van der Waals surface area contributed by atoms with Crippen molar-refractivity contribution >= 4 is 11.4 Å². The Hall–Kier alpha value is -1.68. The second-order valence-corrected chi connectivity index (χ2v) is 4.26. The highest BCUT2D eigenvalue weighted by Gasteiger charge is 2.00. The van der Waals surface area contributed by atoms with Crippen LogP contribution in [-0.2, 0) is 0 Å². The fourth-order valence-corrected chi connectivity index (χ4v) is 1.53. The molecule has 1 aromatic carbocycles. The zero-order chi connectivity index (χ0) is 12.8. The summed E-state index contributed by atoms with van der Waals surface area (Å²) >= 11 is 0. The summed E-state index contributed by atoms with van der Waals surface area (Å²) in [5, 5.41) is 1.62. The van der Waals surface area contributed by atoms with E-state index < -0.39 is 0 Å². The van der Waals surface area contributed by atoms with Crippen LogP contribution in [0.2, 0.25) is 0 Å². The molecule has 0 saturated heterocycles. The van der Waals surface area contributed by atoms with Crippen LogP contribution in [0.15, 0.2) is 30.5 Å². The monoisotopic (exact) mass is 234 g/mol. The van der Waals surface area contributed by atoms with Gasteiger partial charge in [0.05, 0.1) is 5.70 Å². The Kier molecular flexibility index (Phi) is 4.84. The first-order chi connectivity index (χ1) is 8.04. The van der Waals surface area contributed by atoms with Crippen LogP contribution in [0.5, 0.6) is 0 Å². The Morgan fingerprint density at radius 3 is 2.29 bits per heavy atom. The van der Waals surface area contributed by atoms with E-state index in [0.29, 0.717) is 5.70 Å². The predicted molar refractivity (Wildman–Crippen MR) is 74.1 cm³/mol. The Balaban J connectivity index is 2.78. The third-order valence-electron chi connectivity index (χ3n) is 2.50. The summed E-state index contributed by atoms with van der Waals surface area (Å²) in [6.45, 7) is 2.88. The van der Waals surface area contributed by atoms with Gasteiger partial charge in [0.15, 0.2) is 0 Å². The maximum Gasteiger partial charge on any atom is 0.0564 e. The van der Waals surface area contributed by atoms with Crippen LogP contribution in [0.3, 0.4) is 0 Å². The molecule has 0 unspecified atom stereocenters. The van der Waals surface area contributed by atoms with Crippen LogP contribution >= 0.6 is 0 Å². The number of rotatable bonds is 5. The van der Waals surface area contributed by atoms with Crippen molar-refractivity contribution < 1.29 is 0 Å². The van der Waals surface area contributed by atoms with Gasteiger partial charge in [0, 0.05) is 32.5 Å². The Morgan fingerprint density at radius 1 is 1.24 bits per heavy atom. The van der Waals surface area contributed by atoms with Gasteiger partial charge in [-0.1, -0.05) is 19.1 Å². The van der Waals surface area contributed by atoms with Crippen LogP contribution in [0.4, 0.5) is 5.69 Å². The van der Waals surface area contributed by atoms with Crippen LogP contribution < -0.4 is 16.5 Å². The minimum Gasteiger partial charge on any atom is -0.397 e. The standard InChI is InChI=1S/C13H22N4/c1-4-9-17(15)10-13(14)11-5-7-12(8-6-11)16(2)3/h5-8,10H,4,9,14-15H2,1-3H3/b13-10-. The quantitative estimate of drug-likeness (QED) is 0.600. The summed E-state index contributed by atoms with van der Waals surface area (Å²) in [5.41, 5.74) is 8.81. The van der Waals surface area contributed by atoms with Crippen molar-refractivity contribution in [1.29, 1.82) is 0 Å². The van der Waals surface area contributed by atoms with Gasteiger partial charge in [-0.2, -0.15) is 0 Å². The first-order valence-electron chi connectivity index (χ1n) is 5.81. The average Bonchev–Trinajstić information content (AvgIpc) is 2.29. The van der Waals surface area contributed by atoms with Gasteiger partial charge in [0.1, 0.15) is 0 Å². The van der Waals surface area contributed by atoms with E-state index in [1.807, 2.05) is 38.4 Å². The molecule has 0 atom stereocenters. The minimum absolute atomic E-state index is 0.686. The predicted octanol–water partition coefficient (Wildman–Crippen LogP) is 1.60. The molecule has 4 heteroatoms. The first kappa shape index (κ1) is 13.4. The van der Waals surface area contributed by atoms with Gasteiger partial charge in [-0.15, -0.1) is 0 Å². The van der Waals surface area contributed by atoms with Gasteiger partial charge < -0.3 is 15.6 Å². The third kappa shape index (κ3) is 4.00. The fraction of sp³-hybridized carbons (Fsp3) is 0.385. The molecule has 0 aliphatic heterocycles. The van der Waals surface area contributed by atoms with E-state index in [1.54, 1.807) is 11.2 Å². The molecule has 0 aromatic heterocycles. The van der Waals surface area contributed by atoms with Gasteiger partial charge in [0.2, 0.25) is 0 Å². The van der Waals surface area contributed by atoms with Gasteiger partial charge in [0.25, 0.3) is 0 Å². The molecule has 4 N–H and O–H groups in total. The molecular formula is C13H22N4. The second-order valence-electron chi connectivity index (χ2n) is 4.26. The number of hydrogen-bond donors (Lipinski definition) is 2. The largest absolute Gasteiger partial charge is 0.397 e. The van der Waals surface area contributed by atoms with Crippen LogP contribution in [0.25, 0.3) is 5.70 Å². The van der Waals surface area contributed by atoms with E-state index in [9.17, 15) is 0 Å². The number of nitrogens with zero attached hydrogens (tertiary/aromatic N) is 2. The van der Waals surface area contributed by atoms with Gasteiger partial charge in [-0.05, 0) is 24.1 Å². The smallest absolute Gasteiger partial charge is 0.0564 e. The molecule has 0 radical (unpaired) electrons. The fourth-order valence-electron chi connectivity index (χ4n) is 1.53. The molecular weight excluding hydrogens is 212 g/mol. The van der Waals surface area contributed by atoms with Crippen molar-refractivity contribution in [2.75, 3.05) is 25.5 Å². The molecule has 0 aliphatic rings. The van der Waals surface area contributed by atoms with Crippen molar-refractivity contribution in [3.05, 3.63) is 36.0 Å². The van der Waals surface area contributed by atoms with Crippen LogP contribution in [0.1, 0.15) is 18.9 Å². The molecule has 0 amide bonds. The van der Waals surface area contributed by atoms with E-state index in [-0.39, 0.29) is 0 Å². The van der Waals surface area contributed by atoms with E-state index in [4.69, 9.17) is 11.6 Å². The van der Waals surface area contributed by atoms with E-state index >= 15 is 0 Å². The number of hydrogen-bond acceptors (Lipinski definition) is 4. The van der Waals surface area contributed by atoms with E-state index in [1.165, 1.54) is 0 Å². The molecule has 0 heterocycles. The molecule has 0 saturated carbocycles. The Morgan fingerprint density at radius 2 is 1.82 bits per heavy atom. The molecule has 4 nitrogen and oxygen atoms in total. The molecule has 1 aromatic rings. The Labute approximate surface area is 103 Å². The summed E-state index contributed by atoms with van der Waals surface area (Å²) < 4.78 is 0. The Bertz CT molecular complexity index is 368. The highest BCUT2D eigenvalue weighted by atomic mass is 15.4. The average molecular weight is 234 g/mol. The molecule has 1 rings (SSSR count). The van der Waals surface area contributed by atoms with Crippen molar-refractivity contribution in [1.82, 2.24) is 5.01 Å². The molecule has 94 valence electrons. The third-order valence-corrected chi connectivity index (χ3v) is 2.50.